The lowest BCUT2D eigenvalue weighted by molar-refractivity contribution is -0.142. The van der Waals surface area contributed by atoms with Gasteiger partial charge in [-0.1, -0.05) is 24.3 Å². The Morgan fingerprint density at radius 2 is 2.05 bits per heavy atom. The van der Waals surface area contributed by atoms with E-state index in [4.69, 9.17) is 9.15 Å². The zero-order valence-electron chi connectivity index (χ0n) is 12.3. The third kappa shape index (κ3) is 2.48. The molecule has 3 rings (SSSR count). The van der Waals surface area contributed by atoms with Gasteiger partial charge in [-0.2, -0.15) is 0 Å². The molecule has 112 valence electrons. The summed E-state index contributed by atoms with van der Waals surface area (Å²) in [6.07, 6.45) is 3.05. The van der Waals surface area contributed by atoms with E-state index >= 15 is 0 Å². The minimum absolute atomic E-state index is 0.178. The van der Waals surface area contributed by atoms with Gasteiger partial charge in [-0.05, 0) is 29.3 Å². The van der Waals surface area contributed by atoms with Crippen LogP contribution in [0.15, 0.2) is 41.0 Å². The Morgan fingerprint density at radius 1 is 1.18 bits per heavy atom. The molecule has 0 radical (unpaired) electrons. The van der Waals surface area contributed by atoms with Crippen LogP contribution in [-0.4, -0.2) is 18.9 Å². The van der Waals surface area contributed by atoms with Gasteiger partial charge in [0.2, 0.25) is 0 Å². The molecule has 22 heavy (non-hydrogen) atoms. The summed E-state index contributed by atoms with van der Waals surface area (Å²) >= 11 is 0. The topological polar surface area (TPSA) is 56.5 Å². The minimum atomic E-state index is -0.272. The van der Waals surface area contributed by atoms with Gasteiger partial charge in [-0.25, -0.2) is 0 Å². The van der Waals surface area contributed by atoms with Gasteiger partial charge >= 0.3 is 5.97 Å². The third-order valence-electron chi connectivity index (χ3n) is 3.71. The number of esters is 1. The zero-order chi connectivity index (χ0) is 15.5. The van der Waals surface area contributed by atoms with E-state index in [1.165, 1.54) is 0 Å². The first-order chi connectivity index (χ1) is 10.7. The predicted octanol–water partition coefficient (Wildman–Crippen LogP) is 3.43. The fourth-order valence-electron chi connectivity index (χ4n) is 2.79. The molecule has 0 unspecified atom stereocenters. The second-order valence-electron chi connectivity index (χ2n) is 5.06. The lowest BCUT2D eigenvalue weighted by atomic mass is 9.97. The van der Waals surface area contributed by atoms with Gasteiger partial charge in [-0.3, -0.25) is 4.79 Å². The van der Waals surface area contributed by atoms with Crippen LogP contribution >= 0.6 is 0 Å². The van der Waals surface area contributed by atoms with Crippen LogP contribution in [0.1, 0.15) is 18.1 Å². The third-order valence-corrected chi connectivity index (χ3v) is 3.71. The Hall–Kier alpha value is -2.62. The van der Waals surface area contributed by atoms with Crippen LogP contribution < -0.4 is 0 Å². The quantitative estimate of drug-likeness (QED) is 0.534. The van der Waals surface area contributed by atoms with Crippen molar-refractivity contribution in [2.45, 2.75) is 19.8 Å². The number of benzene rings is 2. The Balaban J connectivity index is 2.17. The average molecular weight is 296 g/mol. The fraction of sp³-hybridized carbons (Fsp3) is 0.222. The van der Waals surface area contributed by atoms with Gasteiger partial charge in [-0.15, -0.1) is 0 Å². The lowest BCUT2D eigenvalue weighted by Crippen LogP contribution is -2.07. The van der Waals surface area contributed by atoms with E-state index in [1.807, 2.05) is 30.3 Å². The van der Waals surface area contributed by atoms with E-state index in [-0.39, 0.29) is 12.4 Å². The molecule has 0 amide bonds. The Labute approximate surface area is 127 Å². The number of hydrogen-bond acceptors (Lipinski definition) is 4. The van der Waals surface area contributed by atoms with Gasteiger partial charge in [0.05, 0.1) is 19.3 Å². The molecule has 2 aromatic carbocycles. The summed E-state index contributed by atoms with van der Waals surface area (Å²) in [4.78, 5) is 22.6. The maximum Gasteiger partial charge on any atom is 0.310 e. The smallest absolute Gasteiger partial charge is 0.310 e. The summed E-state index contributed by atoms with van der Waals surface area (Å²) in [7, 11) is 0. The summed E-state index contributed by atoms with van der Waals surface area (Å²) in [5.74, 6) is -0.272. The lowest BCUT2D eigenvalue weighted by Gasteiger charge is -2.06. The highest BCUT2D eigenvalue weighted by Gasteiger charge is 2.14. The molecule has 0 aliphatic rings. The van der Waals surface area contributed by atoms with Crippen molar-refractivity contribution in [1.82, 2.24) is 0 Å². The van der Waals surface area contributed by atoms with Crippen LogP contribution in [0, 0.1) is 0 Å². The van der Waals surface area contributed by atoms with Gasteiger partial charge in [0, 0.05) is 17.4 Å². The van der Waals surface area contributed by atoms with Crippen molar-refractivity contribution >= 4 is 34.0 Å². The molecular formula is C18H16O4. The van der Waals surface area contributed by atoms with Crippen molar-refractivity contribution in [3.05, 3.63) is 47.7 Å². The SMILES string of the molecule is CCOC(=O)Cc1coc2ccc3c(CC=O)cccc3c12. The maximum absolute atomic E-state index is 11.7. The molecule has 0 bridgehead atoms. The minimum Gasteiger partial charge on any atom is -0.466 e. The van der Waals surface area contributed by atoms with Crippen molar-refractivity contribution in [3.63, 3.8) is 0 Å². The van der Waals surface area contributed by atoms with Crippen molar-refractivity contribution < 1.29 is 18.7 Å². The molecule has 0 saturated heterocycles. The predicted molar refractivity (Wildman–Crippen MR) is 83.8 cm³/mol. The number of hydrogen-bond donors (Lipinski definition) is 0. The van der Waals surface area contributed by atoms with Crippen LogP contribution in [0.4, 0.5) is 0 Å². The Kier molecular flexibility index (Phi) is 3.92. The summed E-state index contributed by atoms with van der Waals surface area (Å²) < 4.78 is 10.6. The number of rotatable bonds is 5. The number of furan rings is 1. The first-order valence-corrected chi connectivity index (χ1v) is 7.24. The van der Waals surface area contributed by atoms with E-state index < -0.39 is 0 Å². The van der Waals surface area contributed by atoms with E-state index in [2.05, 4.69) is 0 Å². The molecule has 0 spiro atoms. The molecule has 1 heterocycles. The summed E-state index contributed by atoms with van der Waals surface area (Å²) in [5.41, 5.74) is 2.51. The molecule has 4 nitrogen and oxygen atoms in total. The van der Waals surface area contributed by atoms with Crippen LogP contribution in [0.25, 0.3) is 21.7 Å². The molecule has 1 aromatic heterocycles. The zero-order valence-corrected chi connectivity index (χ0v) is 12.3. The number of ether oxygens (including phenoxy) is 1. The monoisotopic (exact) mass is 296 g/mol. The highest BCUT2D eigenvalue weighted by atomic mass is 16.5. The molecule has 0 aliphatic carbocycles. The first-order valence-electron chi connectivity index (χ1n) is 7.24. The Morgan fingerprint density at radius 3 is 2.82 bits per heavy atom. The number of carbonyl (C=O) groups is 2. The van der Waals surface area contributed by atoms with E-state index in [0.717, 1.165) is 39.2 Å². The van der Waals surface area contributed by atoms with E-state index in [1.54, 1.807) is 13.2 Å². The second-order valence-corrected chi connectivity index (χ2v) is 5.06. The Bertz CT molecular complexity index is 845. The van der Waals surface area contributed by atoms with Gasteiger partial charge in [0.25, 0.3) is 0 Å². The number of fused-ring (bicyclic) bond motifs is 3. The van der Waals surface area contributed by atoms with Crippen molar-refractivity contribution in [2.75, 3.05) is 6.61 Å². The highest BCUT2D eigenvalue weighted by molar-refractivity contribution is 6.09. The molecule has 4 heteroatoms. The standard InChI is InChI=1S/C18H16O4/c1-2-21-17(20)10-13-11-22-16-7-6-14-12(8-9-19)4-3-5-15(14)18(13)16/h3-7,9,11H,2,8,10H2,1H3. The van der Waals surface area contributed by atoms with Crippen LogP contribution in [0.5, 0.6) is 0 Å². The number of aldehydes is 1. The molecular weight excluding hydrogens is 280 g/mol. The van der Waals surface area contributed by atoms with Gasteiger partial charge in [0.15, 0.2) is 0 Å². The highest BCUT2D eigenvalue weighted by Crippen LogP contribution is 2.32. The van der Waals surface area contributed by atoms with Crippen molar-refractivity contribution in [3.8, 4) is 0 Å². The molecule has 0 saturated carbocycles. The molecule has 0 fully saturated rings. The maximum atomic E-state index is 11.7. The van der Waals surface area contributed by atoms with Gasteiger partial charge in [0.1, 0.15) is 11.9 Å². The average Bonchev–Trinajstić information content (AvgIpc) is 2.91. The van der Waals surface area contributed by atoms with E-state index in [0.29, 0.717) is 13.0 Å². The van der Waals surface area contributed by atoms with Gasteiger partial charge < -0.3 is 13.9 Å². The largest absolute Gasteiger partial charge is 0.466 e. The molecule has 3 aromatic rings. The first kappa shape index (κ1) is 14.3. The molecule has 0 N–H and O–H groups in total. The summed E-state index contributed by atoms with van der Waals surface area (Å²) in [6.45, 7) is 2.14. The number of carbonyl (C=O) groups excluding carboxylic acids is 2. The molecule has 0 atom stereocenters. The van der Waals surface area contributed by atoms with Crippen molar-refractivity contribution in [1.29, 1.82) is 0 Å². The van der Waals surface area contributed by atoms with Crippen LogP contribution in [0.3, 0.4) is 0 Å². The van der Waals surface area contributed by atoms with Crippen LogP contribution in [-0.2, 0) is 27.2 Å². The second kappa shape index (κ2) is 6.02. The molecule has 0 aliphatic heterocycles. The summed E-state index contributed by atoms with van der Waals surface area (Å²) in [5, 5.41) is 2.91. The van der Waals surface area contributed by atoms with Crippen LogP contribution in [0.2, 0.25) is 0 Å². The van der Waals surface area contributed by atoms with E-state index in [9.17, 15) is 9.59 Å². The normalized spacial score (nSPS) is 11.0. The van der Waals surface area contributed by atoms with Crippen molar-refractivity contribution in [2.24, 2.45) is 0 Å². The fourth-order valence-corrected chi connectivity index (χ4v) is 2.79. The summed E-state index contributed by atoms with van der Waals surface area (Å²) in [6, 6.07) is 9.67.